The summed E-state index contributed by atoms with van der Waals surface area (Å²) in [6.07, 6.45) is -0.880. The van der Waals surface area contributed by atoms with E-state index in [9.17, 15) is 14.3 Å². The maximum absolute atomic E-state index is 13.4. The summed E-state index contributed by atoms with van der Waals surface area (Å²) in [5, 5.41) is 11.2. The predicted octanol–water partition coefficient (Wildman–Crippen LogP) is 2.15. The lowest BCUT2D eigenvalue weighted by Gasteiger charge is -2.22. The third kappa shape index (κ3) is 2.90. The Kier molecular flexibility index (Phi) is 4.24. The van der Waals surface area contributed by atoms with Crippen LogP contribution in [0.4, 0.5) is 4.39 Å². The molecule has 1 amide bonds. The van der Waals surface area contributed by atoms with Crippen LogP contribution in [-0.4, -0.2) is 47.9 Å². The Labute approximate surface area is 128 Å². The second-order valence-electron chi connectivity index (χ2n) is 5.48. The lowest BCUT2D eigenvalue weighted by atomic mass is 10.1. The zero-order chi connectivity index (χ0) is 15.5. The molecule has 2 atom stereocenters. The number of carbonyl (C=O) groups is 1. The number of carbonyl (C=O) groups excluding carboxylic acids is 1. The molecule has 1 aliphatic heterocycles. The van der Waals surface area contributed by atoms with Crippen LogP contribution in [-0.2, 0) is 4.79 Å². The molecule has 2 aromatic carbocycles. The summed E-state index contributed by atoms with van der Waals surface area (Å²) in [7, 11) is 0. The van der Waals surface area contributed by atoms with E-state index < -0.39 is 12.2 Å². The Hall–Kier alpha value is -2.14. The fourth-order valence-corrected chi connectivity index (χ4v) is 2.88. The summed E-state index contributed by atoms with van der Waals surface area (Å²) < 4.78 is 19.0. The van der Waals surface area contributed by atoms with E-state index in [0.717, 1.165) is 10.8 Å². The van der Waals surface area contributed by atoms with Gasteiger partial charge in [0.15, 0.2) is 6.61 Å². The molecule has 1 heterocycles. The van der Waals surface area contributed by atoms with E-state index in [4.69, 9.17) is 4.74 Å². The number of hydrogen-bond acceptors (Lipinski definition) is 3. The number of amides is 1. The normalized spacial score (nSPS) is 21.3. The van der Waals surface area contributed by atoms with E-state index in [-0.39, 0.29) is 32.1 Å². The molecule has 0 unspecified atom stereocenters. The fraction of sp³-hybridized carbons (Fsp3) is 0.353. The first-order valence-corrected chi connectivity index (χ1v) is 7.34. The molecule has 1 fully saturated rings. The summed E-state index contributed by atoms with van der Waals surface area (Å²) in [6, 6.07) is 13.0. The van der Waals surface area contributed by atoms with Crippen LogP contribution in [0, 0.1) is 0 Å². The lowest BCUT2D eigenvalue weighted by molar-refractivity contribution is -0.135. The van der Waals surface area contributed by atoms with E-state index in [1.165, 1.54) is 4.90 Å². The molecule has 22 heavy (non-hydrogen) atoms. The van der Waals surface area contributed by atoms with Gasteiger partial charge >= 0.3 is 0 Å². The fourth-order valence-electron chi connectivity index (χ4n) is 2.88. The van der Waals surface area contributed by atoms with E-state index in [1.54, 1.807) is 6.07 Å². The molecular formula is C17H18FNO3. The molecule has 116 valence electrons. The van der Waals surface area contributed by atoms with Crippen molar-refractivity contribution in [1.82, 2.24) is 4.90 Å². The van der Waals surface area contributed by atoms with Crippen molar-refractivity contribution in [3.8, 4) is 5.75 Å². The van der Waals surface area contributed by atoms with Crippen LogP contribution in [0.5, 0.6) is 5.75 Å². The molecule has 4 nitrogen and oxygen atoms in total. The van der Waals surface area contributed by atoms with Crippen LogP contribution in [0.3, 0.4) is 0 Å². The molecule has 5 heteroatoms. The van der Waals surface area contributed by atoms with Crippen molar-refractivity contribution >= 4 is 16.7 Å². The molecule has 1 saturated heterocycles. The minimum atomic E-state index is -1.07. The van der Waals surface area contributed by atoms with Crippen LogP contribution >= 0.6 is 0 Å². The van der Waals surface area contributed by atoms with Crippen LogP contribution in [0.15, 0.2) is 42.5 Å². The third-order valence-electron chi connectivity index (χ3n) is 4.00. The van der Waals surface area contributed by atoms with Gasteiger partial charge in [0.2, 0.25) is 0 Å². The van der Waals surface area contributed by atoms with Gasteiger partial charge in [0.1, 0.15) is 11.9 Å². The first kappa shape index (κ1) is 14.8. The molecule has 1 aliphatic rings. The van der Waals surface area contributed by atoms with Crippen molar-refractivity contribution in [2.75, 3.05) is 19.8 Å². The van der Waals surface area contributed by atoms with E-state index in [0.29, 0.717) is 5.75 Å². The van der Waals surface area contributed by atoms with Crippen LogP contribution < -0.4 is 4.74 Å². The van der Waals surface area contributed by atoms with E-state index in [1.807, 2.05) is 36.4 Å². The number of alkyl halides is 1. The largest absolute Gasteiger partial charge is 0.483 e. The van der Waals surface area contributed by atoms with Gasteiger partial charge in [-0.15, -0.1) is 0 Å². The van der Waals surface area contributed by atoms with Crippen molar-refractivity contribution in [1.29, 1.82) is 0 Å². The molecule has 0 aliphatic carbocycles. The number of ether oxygens (including phenoxy) is 1. The number of hydrogen-bond donors (Lipinski definition) is 1. The monoisotopic (exact) mass is 303 g/mol. The molecule has 0 bridgehead atoms. The second kappa shape index (κ2) is 6.32. The van der Waals surface area contributed by atoms with Crippen molar-refractivity contribution in [3.63, 3.8) is 0 Å². The van der Waals surface area contributed by atoms with Crippen molar-refractivity contribution in [2.24, 2.45) is 0 Å². The Morgan fingerprint density at radius 1 is 1.27 bits per heavy atom. The van der Waals surface area contributed by atoms with Gasteiger partial charge in [-0.1, -0.05) is 36.4 Å². The van der Waals surface area contributed by atoms with E-state index in [2.05, 4.69) is 0 Å². The van der Waals surface area contributed by atoms with Gasteiger partial charge in [0, 0.05) is 11.8 Å². The quantitative estimate of drug-likeness (QED) is 0.941. The second-order valence-corrected chi connectivity index (χ2v) is 5.48. The number of halogens is 1. The predicted molar refractivity (Wildman–Crippen MR) is 81.5 cm³/mol. The number of fused-ring (bicyclic) bond motifs is 1. The summed E-state index contributed by atoms with van der Waals surface area (Å²) in [6.45, 7) is -0.347. The minimum Gasteiger partial charge on any atom is -0.483 e. The average molecular weight is 303 g/mol. The number of benzene rings is 2. The van der Waals surface area contributed by atoms with Gasteiger partial charge in [0.25, 0.3) is 5.91 Å². The van der Waals surface area contributed by atoms with Gasteiger partial charge in [-0.05, 0) is 11.5 Å². The summed E-state index contributed by atoms with van der Waals surface area (Å²) in [4.78, 5) is 13.6. The summed E-state index contributed by atoms with van der Waals surface area (Å²) in [5.41, 5.74) is 0. The molecule has 0 aromatic heterocycles. The number of likely N-dealkylation sites (tertiary alicyclic amines) is 1. The first-order valence-electron chi connectivity index (χ1n) is 7.34. The Bertz CT molecular complexity index is 671. The Morgan fingerprint density at radius 2 is 2.05 bits per heavy atom. The molecule has 0 spiro atoms. The molecular weight excluding hydrogens is 285 g/mol. The van der Waals surface area contributed by atoms with Gasteiger partial charge in [-0.2, -0.15) is 0 Å². The van der Waals surface area contributed by atoms with Gasteiger partial charge in [0.05, 0.1) is 19.2 Å². The van der Waals surface area contributed by atoms with Gasteiger partial charge < -0.3 is 14.7 Å². The zero-order valence-electron chi connectivity index (χ0n) is 12.1. The van der Waals surface area contributed by atoms with Gasteiger partial charge in [-0.3, -0.25) is 4.79 Å². The number of aliphatic hydroxyl groups excluding tert-OH is 1. The average Bonchev–Trinajstić information content (AvgIpc) is 2.93. The number of nitrogens with zero attached hydrogens (tertiary/aromatic N) is 1. The van der Waals surface area contributed by atoms with Crippen molar-refractivity contribution in [3.05, 3.63) is 42.5 Å². The number of aliphatic hydroxyl groups is 1. The van der Waals surface area contributed by atoms with Crippen LogP contribution in [0.2, 0.25) is 0 Å². The lowest BCUT2D eigenvalue weighted by Crippen LogP contribution is -2.40. The Balaban J connectivity index is 1.70. The van der Waals surface area contributed by atoms with Crippen molar-refractivity contribution in [2.45, 2.75) is 18.6 Å². The molecule has 2 aromatic rings. The van der Waals surface area contributed by atoms with Crippen LogP contribution in [0.1, 0.15) is 6.42 Å². The van der Waals surface area contributed by atoms with E-state index >= 15 is 0 Å². The highest BCUT2D eigenvalue weighted by Crippen LogP contribution is 2.26. The third-order valence-corrected chi connectivity index (χ3v) is 4.00. The summed E-state index contributed by atoms with van der Waals surface area (Å²) >= 11 is 0. The van der Waals surface area contributed by atoms with Crippen molar-refractivity contribution < 1.29 is 19.0 Å². The highest BCUT2D eigenvalue weighted by molar-refractivity contribution is 5.88. The maximum Gasteiger partial charge on any atom is 0.260 e. The molecule has 0 radical (unpaired) electrons. The first-order chi connectivity index (χ1) is 10.7. The minimum absolute atomic E-state index is 0.0307. The van der Waals surface area contributed by atoms with Gasteiger partial charge in [-0.25, -0.2) is 4.39 Å². The zero-order valence-corrected chi connectivity index (χ0v) is 12.1. The molecule has 1 N–H and O–H groups in total. The highest BCUT2D eigenvalue weighted by atomic mass is 19.1. The number of rotatable bonds is 4. The molecule has 3 rings (SSSR count). The summed E-state index contributed by atoms with van der Waals surface area (Å²) in [5.74, 6) is 0.329. The Morgan fingerprint density at radius 3 is 2.86 bits per heavy atom. The highest BCUT2D eigenvalue weighted by Gasteiger charge is 2.34. The van der Waals surface area contributed by atoms with Crippen LogP contribution in [0.25, 0.3) is 10.8 Å². The maximum atomic E-state index is 13.4. The SMILES string of the molecule is O=C(COc1cccc2ccccc12)N1C[C@@H](F)C[C@H]1CO. The topological polar surface area (TPSA) is 49.8 Å². The smallest absolute Gasteiger partial charge is 0.260 e. The molecule has 0 saturated carbocycles. The standard InChI is InChI=1S/C17H18FNO3/c18-13-8-14(10-20)19(9-13)17(21)11-22-16-7-3-5-12-4-1-2-6-15(12)16/h1-7,13-14,20H,8-11H2/t13-,14-/m0/s1.